The largest absolute Gasteiger partial charge is 0.493 e. The van der Waals surface area contributed by atoms with Crippen LogP contribution in [0.4, 0.5) is 11.4 Å². The summed E-state index contributed by atoms with van der Waals surface area (Å²) in [6.45, 7) is 1.54. The van der Waals surface area contributed by atoms with Crippen LogP contribution in [0.2, 0.25) is 0 Å². The average molecular weight is 240 g/mol. The lowest BCUT2D eigenvalue weighted by Gasteiger charge is -2.09. The van der Waals surface area contributed by atoms with E-state index in [-0.39, 0.29) is 0 Å². The van der Waals surface area contributed by atoms with Crippen molar-refractivity contribution in [3.63, 3.8) is 0 Å². The van der Waals surface area contributed by atoms with Crippen molar-refractivity contribution in [1.29, 1.82) is 0 Å². The SMILES string of the molecule is Nc1ccccc1CNc1ccc2c(c1)CCO2. The van der Waals surface area contributed by atoms with Crippen LogP contribution in [0.3, 0.4) is 0 Å². The molecule has 1 aliphatic heterocycles. The molecular weight excluding hydrogens is 224 g/mol. The van der Waals surface area contributed by atoms with Crippen LogP contribution < -0.4 is 15.8 Å². The highest BCUT2D eigenvalue weighted by molar-refractivity contribution is 5.54. The maximum absolute atomic E-state index is 5.91. The Morgan fingerprint density at radius 2 is 2.06 bits per heavy atom. The number of para-hydroxylation sites is 1. The van der Waals surface area contributed by atoms with E-state index in [4.69, 9.17) is 10.5 Å². The summed E-state index contributed by atoms with van der Waals surface area (Å²) in [7, 11) is 0. The zero-order valence-corrected chi connectivity index (χ0v) is 10.1. The minimum Gasteiger partial charge on any atom is -0.493 e. The van der Waals surface area contributed by atoms with Gasteiger partial charge in [-0.3, -0.25) is 0 Å². The van der Waals surface area contributed by atoms with Gasteiger partial charge in [0.2, 0.25) is 0 Å². The maximum Gasteiger partial charge on any atom is 0.122 e. The van der Waals surface area contributed by atoms with Crippen LogP contribution in [0.1, 0.15) is 11.1 Å². The van der Waals surface area contributed by atoms with Gasteiger partial charge < -0.3 is 15.8 Å². The summed E-state index contributed by atoms with van der Waals surface area (Å²) in [5.41, 5.74) is 10.3. The molecule has 0 aliphatic carbocycles. The molecule has 0 radical (unpaired) electrons. The van der Waals surface area contributed by atoms with Crippen molar-refractivity contribution < 1.29 is 4.74 Å². The molecule has 0 fully saturated rings. The van der Waals surface area contributed by atoms with Crippen LogP contribution in [-0.2, 0) is 13.0 Å². The second kappa shape index (κ2) is 4.61. The normalized spacial score (nSPS) is 12.9. The van der Waals surface area contributed by atoms with Crippen LogP contribution >= 0.6 is 0 Å². The molecule has 1 aliphatic rings. The summed E-state index contributed by atoms with van der Waals surface area (Å²) in [6, 6.07) is 14.1. The van der Waals surface area contributed by atoms with Gasteiger partial charge >= 0.3 is 0 Å². The standard InChI is InChI=1S/C15H16N2O/c16-14-4-2-1-3-12(14)10-17-13-5-6-15-11(9-13)7-8-18-15/h1-6,9,17H,7-8,10,16H2. The number of anilines is 2. The van der Waals surface area contributed by atoms with Crippen LogP contribution in [0, 0.1) is 0 Å². The van der Waals surface area contributed by atoms with E-state index in [2.05, 4.69) is 11.4 Å². The number of ether oxygens (including phenoxy) is 1. The topological polar surface area (TPSA) is 47.3 Å². The van der Waals surface area contributed by atoms with E-state index in [0.717, 1.165) is 42.3 Å². The Morgan fingerprint density at radius 3 is 2.94 bits per heavy atom. The van der Waals surface area contributed by atoms with E-state index in [9.17, 15) is 0 Å². The highest BCUT2D eigenvalue weighted by atomic mass is 16.5. The number of rotatable bonds is 3. The van der Waals surface area contributed by atoms with Crippen molar-refractivity contribution >= 4 is 11.4 Å². The van der Waals surface area contributed by atoms with Gasteiger partial charge in [0.05, 0.1) is 6.61 Å². The fourth-order valence-electron chi connectivity index (χ4n) is 2.19. The molecule has 0 saturated carbocycles. The fraction of sp³-hybridized carbons (Fsp3) is 0.200. The van der Waals surface area contributed by atoms with E-state index < -0.39 is 0 Å². The Hall–Kier alpha value is -2.16. The third-order valence-corrected chi connectivity index (χ3v) is 3.23. The van der Waals surface area contributed by atoms with E-state index in [1.54, 1.807) is 0 Å². The summed E-state index contributed by atoms with van der Waals surface area (Å²) in [5, 5.41) is 3.40. The van der Waals surface area contributed by atoms with Crippen molar-refractivity contribution in [3.8, 4) is 5.75 Å². The van der Waals surface area contributed by atoms with Gasteiger partial charge in [-0.05, 0) is 35.4 Å². The lowest BCUT2D eigenvalue weighted by Crippen LogP contribution is -2.02. The highest BCUT2D eigenvalue weighted by Gasteiger charge is 2.11. The molecule has 3 N–H and O–H groups in total. The molecule has 0 spiro atoms. The minimum absolute atomic E-state index is 0.742. The first-order valence-corrected chi connectivity index (χ1v) is 6.16. The lowest BCUT2D eigenvalue weighted by molar-refractivity contribution is 0.357. The number of fused-ring (bicyclic) bond motifs is 1. The van der Waals surface area contributed by atoms with Gasteiger partial charge in [0.1, 0.15) is 5.75 Å². The van der Waals surface area contributed by atoms with Gasteiger partial charge in [0.15, 0.2) is 0 Å². The molecule has 3 rings (SSSR count). The molecule has 0 unspecified atom stereocenters. The molecule has 18 heavy (non-hydrogen) atoms. The quantitative estimate of drug-likeness (QED) is 0.811. The first kappa shape index (κ1) is 11.0. The Kier molecular flexibility index (Phi) is 2.81. The van der Waals surface area contributed by atoms with Crippen molar-refractivity contribution in [2.45, 2.75) is 13.0 Å². The molecule has 0 bridgehead atoms. The van der Waals surface area contributed by atoms with E-state index in [0.29, 0.717) is 0 Å². The Labute approximate surface area is 107 Å². The minimum atomic E-state index is 0.742. The third-order valence-electron chi connectivity index (χ3n) is 3.23. The van der Waals surface area contributed by atoms with Gasteiger partial charge in [-0.25, -0.2) is 0 Å². The number of hydrogen-bond acceptors (Lipinski definition) is 3. The molecule has 3 heteroatoms. The molecule has 1 heterocycles. The van der Waals surface area contributed by atoms with Gasteiger partial charge in [-0.2, -0.15) is 0 Å². The Balaban J connectivity index is 1.72. The fourth-order valence-corrected chi connectivity index (χ4v) is 2.19. The number of hydrogen-bond donors (Lipinski definition) is 2. The molecule has 2 aromatic carbocycles. The lowest BCUT2D eigenvalue weighted by atomic mass is 10.1. The number of benzene rings is 2. The Bertz CT molecular complexity index is 566. The van der Waals surface area contributed by atoms with Gasteiger partial charge in [0, 0.05) is 24.3 Å². The third kappa shape index (κ3) is 2.12. The molecule has 0 aromatic heterocycles. The molecular formula is C15H16N2O. The Morgan fingerprint density at radius 1 is 1.17 bits per heavy atom. The zero-order chi connectivity index (χ0) is 12.4. The van der Waals surface area contributed by atoms with Crippen LogP contribution in [-0.4, -0.2) is 6.61 Å². The highest BCUT2D eigenvalue weighted by Crippen LogP contribution is 2.28. The zero-order valence-electron chi connectivity index (χ0n) is 10.1. The summed E-state index contributed by atoms with van der Waals surface area (Å²) in [4.78, 5) is 0. The first-order valence-electron chi connectivity index (χ1n) is 6.16. The summed E-state index contributed by atoms with van der Waals surface area (Å²) in [6.07, 6.45) is 0.998. The summed E-state index contributed by atoms with van der Waals surface area (Å²) >= 11 is 0. The first-order chi connectivity index (χ1) is 8.83. The van der Waals surface area contributed by atoms with E-state index in [1.165, 1.54) is 5.56 Å². The monoisotopic (exact) mass is 240 g/mol. The predicted molar refractivity (Wildman–Crippen MR) is 73.8 cm³/mol. The molecule has 0 saturated heterocycles. The maximum atomic E-state index is 5.91. The van der Waals surface area contributed by atoms with Crippen molar-refractivity contribution in [3.05, 3.63) is 53.6 Å². The average Bonchev–Trinajstić information content (AvgIpc) is 2.85. The van der Waals surface area contributed by atoms with Crippen LogP contribution in [0.15, 0.2) is 42.5 Å². The predicted octanol–water partition coefficient (Wildman–Crippen LogP) is 2.82. The van der Waals surface area contributed by atoms with Crippen molar-refractivity contribution in [2.75, 3.05) is 17.7 Å². The van der Waals surface area contributed by atoms with E-state index in [1.807, 2.05) is 36.4 Å². The number of nitrogens with one attached hydrogen (secondary N) is 1. The van der Waals surface area contributed by atoms with Crippen LogP contribution in [0.25, 0.3) is 0 Å². The molecule has 0 amide bonds. The second-order valence-corrected chi connectivity index (χ2v) is 4.47. The van der Waals surface area contributed by atoms with Crippen molar-refractivity contribution in [2.24, 2.45) is 0 Å². The summed E-state index contributed by atoms with van der Waals surface area (Å²) in [5.74, 6) is 1.01. The van der Waals surface area contributed by atoms with Gasteiger partial charge in [-0.15, -0.1) is 0 Å². The molecule has 2 aromatic rings. The molecule has 0 atom stereocenters. The number of nitrogen functional groups attached to an aromatic ring is 1. The van der Waals surface area contributed by atoms with E-state index >= 15 is 0 Å². The van der Waals surface area contributed by atoms with Gasteiger partial charge in [0.25, 0.3) is 0 Å². The number of nitrogens with two attached hydrogens (primary N) is 1. The van der Waals surface area contributed by atoms with Crippen LogP contribution in [0.5, 0.6) is 5.75 Å². The summed E-state index contributed by atoms with van der Waals surface area (Å²) < 4.78 is 5.49. The second-order valence-electron chi connectivity index (χ2n) is 4.47. The van der Waals surface area contributed by atoms with Gasteiger partial charge in [-0.1, -0.05) is 18.2 Å². The molecule has 3 nitrogen and oxygen atoms in total. The van der Waals surface area contributed by atoms with Crippen molar-refractivity contribution in [1.82, 2.24) is 0 Å². The molecule has 92 valence electrons. The smallest absolute Gasteiger partial charge is 0.122 e.